The molecule has 0 amide bonds. The number of hydrogen-bond donors (Lipinski definition) is 0. The summed E-state index contributed by atoms with van der Waals surface area (Å²) in [6.45, 7) is 0. The monoisotopic (exact) mass is 468 g/mol. The topological polar surface area (TPSA) is 27.7 Å². The molecule has 0 rings (SSSR count). The van der Waals surface area contributed by atoms with Crippen molar-refractivity contribution in [2.24, 2.45) is 0 Å². The summed E-state index contributed by atoms with van der Waals surface area (Å²) in [6.07, 6.45) is -8.62. The third-order valence-electron chi connectivity index (χ3n) is 3.61. The highest BCUT2D eigenvalue weighted by molar-refractivity contribution is 6.62. The van der Waals surface area contributed by atoms with Crippen molar-refractivity contribution in [3.05, 3.63) is 0 Å². The molecule has 3 nitrogen and oxygen atoms in total. The van der Waals surface area contributed by atoms with E-state index in [0.29, 0.717) is 21.3 Å². The van der Waals surface area contributed by atoms with Crippen LogP contribution in [0.1, 0.15) is 6.42 Å². The van der Waals surface area contributed by atoms with Crippen molar-refractivity contribution >= 4 is 8.80 Å². The maximum Gasteiger partial charge on any atom is 0.536 e. The third-order valence-corrected chi connectivity index (χ3v) is 6.29. The highest BCUT2D eigenvalue weighted by Crippen LogP contribution is 2.59. The summed E-state index contributed by atoms with van der Waals surface area (Å²) in [5.41, 5.74) is 0. The smallest absolute Gasteiger partial charge is 0.375 e. The standard InChI is InChI=1S/C11H13F13O3Si/c1-25-28(26-2,27-3)5(12)4-7(15,16)9(19,20)11(23,24)10(21,22)8(17,18)6(13)14/h5-6H,4H2,1-3H3. The van der Waals surface area contributed by atoms with Crippen LogP contribution in [0.25, 0.3) is 0 Å². The molecule has 0 aromatic rings. The Morgan fingerprint density at radius 3 is 1.29 bits per heavy atom. The minimum atomic E-state index is -7.72. The molecule has 0 aliphatic heterocycles. The minimum absolute atomic E-state index is 0.591. The van der Waals surface area contributed by atoms with Gasteiger partial charge in [-0.1, -0.05) is 0 Å². The summed E-state index contributed by atoms with van der Waals surface area (Å²) in [7, 11) is -3.08. The molecule has 1 atom stereocenters. The van der Waals surface area contributed by atoms with E-state index < -0.39 is 57.1 Å². The van der Waals surface area contributed by atoms with E-state index in [1.807, 2.05) is 0 Å². The maximum absolute atomic E-state index is 14.0. The third kappa shape index (κ3) is 3.94. The van der Waals surface area contributed by atoms with Crippen LogP contribution in [0, 0.1) is 0 Å². The molecule has 0 saturated heterocycles. The summed E-state index contributed by atoms with van der Waals surface area (Å²) < 4.78 is 183. The quantitative estimate of drug-likeness (QED) is 0.329. The average molecular weight is 468 g/mol. The molecular formula is C11H13F13O3Si. The van der Waals surface area contributed by atoms with Crippen LogP contribution in [0.2, 0.25) is 0 Å². The molecule has 0 saturated carbocycles. The van der Waals surface area contributed by atoms with Crippen LogP contribution in [0.15, 0.2) is 0 Å². The SMILES string of the molecule is CO[Si](OC)(OC)C(F)CC(F)(F)C(F)(F)C(F)(F)C(F)(F)C(F)(F)C(F)F. The van der Waals surface area contributed by atoms with E-state index in [4.69, 9.17) is 0 Å². The van der Waals surface area contributed by atoms with Crippen molar-refractivity contribution in [2.45, 2.75) is 48.3 Å². The van der Waals surface area contributed by atoms with Gasteiger partial charge < -0.3 is 13.3 Å². The van der Waals surface area contributed by atoms with Gasteiger partial charge in [0.1, 0.15) is 0 Å². The zero-order valence-corrected chi connectivity index (χ0v) is 15.0. The average Bonchev–Trinajstić information content (AvgIpc) is 2.55. The van der Waals surface area contributed by atoms with Crippen LogP contribution in [-0.4, -0.2) is 72.0 Å². The lowest BCUT2D eigenvalue weighted by Gasteiger charge is -2.40. The number of rotatable bonds is 11. The molecule has 0 spiro atoms. The van der Waals surface area contributed by atoms with Gasteiger partial charge in [-0.15, -0.1) is 0 Å². The van der Waals surface area contributed by atoms with Crippen molar-refractivity contribution in [1.29, 1.82) is 0 Å². The Labute approximate surface area is 150 Å². The molecule has 0 radical (unpaired) electrons. The Bertz CT molecular complexity index is 516. The highest BCUT2D eigenvalue weighted by atomic mass is 28.4. The van der Waals surface area contributed by atoms with Gasteiger partial charge in [-0.2, -0.15) is 43.9 Å². The molecule has 0 N–H and O–H groups in total. The first-order valence-corrected chi connectivity index (χ1v) is 8.52. The molecule has 28 heavy (non-hydrogen) atoms. The van der Waals surface area contributed by atoms with E-state index in [9.17, 15) is 57.1 Å². The zero-order valence-electron chi connectivity index (χ0n) is 14.0. The number of alkyl halides is 13. The Balaban J connectivity index is 6.13. The fourth-order valence-corrected chi connectivity index (χ4v) is 3.66. The molecular weight excluding hydrogens is 455 g/mol. The van der Waals surface area contributed by atoms with Crippen molar-refractivity contribution in [3.63, 3.8) is 0 Å². The normalized spacial score (nSPS) is 16.6. The predicted molar refractivity (Wildman–Crippen MR) is 67.0 cm³/mol. The van der Waals surface area contributed by atoms with Crippen LogP contribution < -0.4 is 0 Å². The lowest BCUT2D eigenvalue weighted by Crippen LogP contribution is -2.69. The van der Waals surface area contributed by atoms with Crippen molar-refractivity contribution < 1.29 is 70.4 Å². The second kappa shape index (κ2) is 8.14. The molecule has 0 aromatic heterocycles. The first-order valence-electron chi connectivity index (χ1n) is 6.72. The molecule has 170 valence electrons. The van der Waals surface area contributed by atoms with Gasteiger partial charge in [0.25, 0.3) is 0 Å². The molecule has 0 fully saturated rings. The molecule has 0 aromatic carbocycles. The molecule has 0 bridgehead atoms. The summed E-state index contributed by atoms with van der Waals surface area (Å²) in [5, 5.41) is 0. The van der Waals surface area contributed by atoms with E-state index in [1.54, 1.807) is 0 Å². The summed E-state index contributed by atoms with van der Waals surface area (Å²) in [6, 6.07) is 0. The van der Waals surface area contributed by atoms with Crippen molar-refractivity contribution in [3.8, 4) is 0 Å². The fraction of sp³-hybridized carbons (Fsp3) is 1.00. The largest absolute Gasteiger partial charge is 0.536 e. The van der Waals surface area contributed by atoms with E-state index in [1.165, 1.54) is 0 Å². The van der Waals surface area contributed by atoms with E-state index in [0.717, 1.165) is 0 Å². The molecule has 0 aliphatic carbocycles. The van der Waals surface area contributed by atoms with Crippen LogP contribution in [-0.2, 0) is 13.3 Å². The van der Waals surface area contributed by atoms with Crippen LogP contribution in [0.3, 0.4) is 0 Å². The number of halogens is 13. The number of hydrogen-bond acceptors (Lipinski definition) is 3. The van der Waals surface area contributed by atoms with Crippen molar-refractivity contribution in [1.82, 2.24) is 0 Å². The predicted octanol–water partition coefficient (Wildman–Crippen LogP) is 4.57. The van der Waals surface area contributed by atoms with Gasteiger partial charge in [-0.25, -0.2) is 13.2 Å². The van der Waals surface area contributed by atoms with Crippen LogP contribution in [0.5, 0.6) is 0 Å². The highest BCUT2D eigenvalue weighted by Gasteiger charge is 2.88. The Kier molecular flexibility index (Phi) is 7.90. The maximum atomic E-state index is 14.0. The van der Waals surface area contributed by atoms with E-state index >= 15 is 0 Å². The van der Waals surface area contributed by atoms with Gasteiger partial charge in [0.2, 0.25) is 0 Å². The first kappa shape index (κ1) is 27.2. The Morgan fingerprint density at radius 2 is 1.00 bits per heavy atom. The lowest BCUT2D eigenvalue weighted by molar-refractivity contribution is -0.413. The Morgan fingerprint density at radius 1 is 0.643 bits per heavy atom. The van der Waals surface area contributed by atoms with E-state index in [-0.39, 0.29) is 0 Å². The molecule has 1 unspecified atom stereocenters. The summed E-state index contributed by atoms with van der Waals surface area (Å²) in [5.74, 6) is -39.7. The van der Waals surface area contributed by atoms with Gasteiger partial charge >= 0.3 is 44.8 Å². The van der Waals surface area contributed by atoms with Gasteiger partial charge in [0.15, 0.2) is 5.79 Å². The fourth-order valence-electron chi connectivity index (χ4n) is 1.89. The lowest BCUT2D eigenvalue weighted by atomic mass is 9.93. The van der Waals surface area contributed by atoms with Gasteiger partial charge in [0.05, 0.1) is 6.42 Å². The second-order valence-corrected chi connectivity index (χ2v) is 8.30. The van der Waals surface area contributed by atoms with Gasteiger partial charge in [0, 0.05) is 21.3 Å². The zero-order chi connectivity index (χ0) is 23.0. The first-order chi connectivity index (χ1) is 12.3. The molecule has 0 aliphatic rings. The second-order valence-electron chi connectivity index (χ2n) is 5.24. The van der Waals surface area contributed by atoms with Gasteiger partial charge in [-0.05, 0) is 0 Å². The minimum Gasteiger partial charge on any atom is -0.375 e. The Hall–Kier alpha value is -0.813. The summed E-state index contributed by atoms with van der Waals surface area (Å²) >= 11 is 0. The van der Waals surface area contributed by atoms with Gasteiger partial charge in [-0.3, -0.25) is 0 Å². The summed E-state index contributed by atoms with van der Waals surface area (Å²) in [4.78, 5) is 0. The van der Waals surface area contributed by atoms with E-state index in [2.05, 4.69) is 13.3 Å². The van der Waals surface area contributed by atoms with Crippen LogP contribution >= 0.6 is 0 Å². The molecule has 0 heterocycles. The van der Waals surface area contributed by atoms with Crippen LogP contribution in [0.4, 0.5) is 57.1 Å². The van der Waals surface area contributed by atoms with Crippen molar-refractivity contribution in [2.75, 3.05) is 21.3 Å². The molecule has 17 heteroatoms.